The van der Waals surface area contributed by atoms with Crippen LogP contribution in [-0.4, -0.2) is 0 Å². The topological polar surface area (TPSA) is 0 Å². The molecule has 46 heavy (non-hydrogen) atoms. The van der Waals surface area contributed by atoms with Gasteiger partial charge in [0.1, 0.15) is 0 Å². The van der Waals surface area contributed by atoms with Gasteiger partial charge < -0.3 is 0 Å². The van der Waals surface area contributed by atoms with Gasteiger partial charge in [0.2, 0.25) is 0 Å². The molecule has 0 heteroatoms. The molecular formula is C46H30. The van der Waals surface area contributed by atoms with Crippen molar-refractivity contribution in [2.45, 2.75) is 0 Å². The molecule has 9 aromatic rings. The van der Waals surface area contributed by atoms with Gasteiger partial charge in [-0.15, -0.1) is 0 Å². The highest BCUT2D eigenvalue weighted by Gasteiger charge is 2.23. The number of rotatable bonds is 4. The Bertz CT molecular complexity index is 2370. The van der Waals surface area contributed by atoms with Gasteiger partial charge in [-0.2, -0.15) is 0 Å². The highest BCUT2D eigenvalue weighted by atomic mass is 14.3. The first kappa shape index (κ1) is 26.4. The maximum absolute atomic E-state index is 2.34. The van der Waals surface area contributed by atoms with E-state index in [0.717, 1.165) is 0 Å². The zero-order valence-corrected chi connectivity index (χ0v) is 25.3. The summed E-state index contributed by atoms with van der Waals surface area (Å²) in [5.41, 5.74) is 10.0. The number of hydrogen-bond acceptors (Lipinski definition) is 0. The van der Waals surface area contributed by atoms with Gasteiger partial charge in [0.15, 0.2) is 0 Å². The van der Waals surface area contributed by atoms with Crippen molar-refractivity contribution in [1.82, 2.24) is 0 Å². The van der Waals surface area contributed by atoms with E-state index in [1.165, 1.54) is 87.6 Å². The van der Waals surface area contributed by atoms with Crippen LogP contribution >= 0.6 is 0 Å². The Morgan fingerprint density at radius 3 is 1.00 bits per heavy atom. The van der Waals surface area contributed by atoms with E-state index in [1.54, 1.807) is 0 Å². The lowest BCUT2D eigenvalue weighted by molar-refractivity contribution is 1.63. The van der Waals surface area contributed by atoms with Crippen molar-refractivity contribution in [1.29, 1.82) is 0 Å². The molecule has 0 bridgehead atoms. The first-order valence-electron chi connectivity index (χ1n) is 16.0. The lowest BCUT2D eigenvalue weighted by atomic mass is 9.79. The van der Waals surface area contributed by atoms with Crippen LogP contribution in [0.15, 0.2) is 182 Å². The van der Waals surface area contributed by atoms with Crippen LogP contribution in [0.3, 0.4) is 0 Å². The smallest absolute Gasteiger partial charge is 0.00137 e. The summed E-state index contributed by atoms with van der Waals surface area (Å²) < 4.78 is 0. The van der Waals surface area contributed by atoms with Crippen LogP contribution in [0.25, 0.3) is 87.6 Å². The van der Waals surface area contributed by atoms with Crippen LogP contribution in [0.1, 0.15) is 0 Å². The fourth-order valence-electron chi connectivity index (χ4n) is 7.49. The molecule has 0 aromatic heterocycles. The molecule has 0 aliphatic carbocycles. The lowest BCUT2D eigenvalue weighted by Gasteiger charge is -2.23. The highest BCUT2D eigenvalue weighted by molar-refractivity contribution is 6.30. The summed E-state index contributed by atoms with van der Waals surface area (Å²) in [7, 11) is 0. The van der Waals surface area contributed by atoms with Crippen molar-refractivity contribution in [2.24, 2.45) is 0 Å². The van der Waals surface area contributed by atoms with Gasteiger partial charge in [0.25, 0.3) is 0 Å². The highest BCUT2D eigenvalue weighted by Crippen LogP contribution is 2.51. The summed E-state index contributed by atoms with van der Waals surface area (Å²) in [5, 5.41) is 10.1. The van der Waals surface area contributed by atoms with Gasteiger partial charge in [0, 0.05) is 0 Å². The van der Waals surface area contributed by atoms with Crippen molar-refractivity contribution in [2.75, 3.05) is 0 Å². The van der Waals surface area contributed by atoms with Crippen LogP contribution in [0, 0.1) is 0 Å². The van der Waals surface area contributed by atoms with Crippen LogP contribution < -0.4 is 0 Å². The molecule has 0 nitrogen and oxygen atoms in total. The summed E-state index contributed by atoms with van der Waals surface area (Å²) >= 11 is 0. The molecule has 0 N–H and O–H groups in total. The predicted molar refractivity (Wildman–Crippen MR) is 198 cm³/mol. The molecule has 0 atom stereocenters. The standard InChI is InChI=1S/C46H30/c1-3-15-33(16-4-1)37-25-13-29-41-43(37)45(39-27-11-21-31-19-7-9-23-35(31)39)42-30-14-26-38(34-17-5-2-6-18-34)44(42)46(41)40-28-12-22-32-20-8-10-24-36(32)40/h1-30H. The van der Waals surface area contributed by atoms with Crippen LogP contribution in [0.4, 0.5) is 0 Å². The molecule has 0 heterocycles. The molecule has 0 saturated carbocycles. The second-order valence-corrected chi connectivity index (χ2v) is 12.0. The molecule has 0 aliphatic heterocycles. The maximum Gasteiger partial charge on any atom is -0.00137 e. The largest absolute Gasteiger partial charge is 0.0622 e. The zero-order chi connectivity index (χ0) is 30.5. The van der Waals surface area contributed by atoms with Gasteiger partial charge in [-0.1, -0.05) is 182 Å². The van der Waals surface area contributed by atoms with E-state index in [1.807, 2.05) is 0 Å². The quantitative estimate of drug-likeness (QED) is 0.181. The minimum Gasteiger partial charge on any atom is -0.0622 e. The maximum atomic E-state index is 2.34. The van der Waals surface area contributed by atoms with Crippen molar-refractivity contribution >= 4 is 43.1 Å². The van der Waals surface area contributed by atoms with Crippen molar-refractivity contribution in [3.8, 4) is 44.5 Å². The molecule has 0 spiro atoms. The zero-order valence-electron chi connectivity index (χ0n) is 25.3. The third-order valence-corrected chi connectivity index (χ3v) is 9.46. The minimum absolute atomic E-state index is 1.22. The van der Waals surface area contributed by atoms with Gasteiger partial charge in [0.05, 0.1) is 0 Å². The molecule has 0 saturated heterocycles. The second-order valence-electron chi connectivity index (χ2n) is 12.0. The van der Waals surface area contributed by atoms with Crippen molar-refractivity contribution < 1.29 is 0 Å². The second kappa shape index (κ2) is 10.9. The summed E-state index contributed by atoms with van der Waals surface area (Å²) in [5.74, 6) is 0. The fourth-order valence-corrected chi connectivity index (χ4v) is 7.49. The van der Waals surface area contributed by atoms with E-state index in [4.69, 9.17) is 0 Å². The Hall–Kier alpha value is -5.98. The van der Waals surface area contributed by atoms with Gasteiger partial charge in [-0.3, -0.25) is 0 Å². The molecule has 0 fully saturated rings. The Kier molecular flexibility index (Phi) is 6.25. The average molecular weight is 583 g/mol. The predicted octanol–water partition coefficient (Wildman–Crippen LogP) is 13.0. The molecule has 0 aliphatic rings. The Morgan fingerprint density at radius 1 is 0.217 bits per heavy atom. The summed E-state index contributed by atoms with van der Waals surface area (Å²) in [4.78, 5) is 0. The van der Waals surface area contributed by atoms with Gasteiger partial charge in [-0.05, 0) is 87.6 Å². The Labute approximate surface area is 268 Å². The fraction of sp³-hybridized carbons (Fsp3) is 0. The Balaban J connectivity index is 1.58. The van der Waals surface area contributed by atoms with E-state index >= 15 is 0 Å². The third kappa shape index (κ3) is 4.15. The van der Waals surface area contributed by atoms with Crippen LogP contribution in [-0.2, 0) is 0 Å². The summed E-state index contributed by atoms with van der Waals surface area (Å²) in [6, 6.07) is 66.6. The molecule has 9 aromatic carbocycles. The molecule has 0 amide bonds. The van der Waals surface area contributed by atoms with E-state index in [0.29, 0.717) is 0 Å². The van der Waals surface area contributed by atoms with E-state index in [-0.39, 0.29) is 0 Å². The van der Waals surface area contributed by atoms with Crippen LogP contribution in [0.2, 0.25) is 0 Å². The van der Waals surface area contributed by atoms with E-state index in [9.17, 15) is 0 Å². The molecule has 9 rings (SSSR count). The first-order valence-corrected chi connectivity index (χ1v) is 16.0. The van der Waals surface area contributed by atoms with Crippen LogP contribution in [0.5, 0.6) is 0 Å². The summed E-state index contributed by atoms with van der Waals surface area (Å²) in [6.07, 6.45) is 0. The third-order valence-electron chi connectivity index (χ3n) is 9.46. The average Bonchev–Trinajstić information content (AvgIpc) is 3.14. The number of benzene rings is 9. The molecule has 0 radical (unpaired) electrons. The monoisotopic (exact) mass is 582 g/mol. The first-order chi connectivity index (χ1) is 22.9. The minimum atomic E-state index is 1.22. The summed E-state index contributed by atoms with van der Waals surface area (Å²) in [6.45, 7) is 0. The number of hydrogen-bond donors (Lipinski definition) is 0. The van der Waals surface area contributed by atoms with Crippen molar-refractivity contribution in [3.63, 3.8) is 0 Å². The molecule has 214 valence electrons. The molecule has 0 unspecified atom stereocenters. The normalized spacial score (nSPS) is 11.5. The lowest BCUT2D eigenvalue weighted by Crippen LogP contribution is -1.96. The van der Waals surface area contributed by atoms with Gasteiger partial charge >= 0.3 is 0 Å². The number of fused-ring (bicyclic) bond motifs is 4. The van der Waals surface area contributed by atoms with E-state index in [2.05, 4.69) is 182 Å². The molecular weight excluding hydrogens is 553 g/mol. The van der Waals surface area contributed by atoms with Crippen molar-refractivity contribution in [3.05, 3.63) is 182 Å². The SMILES string of the molecule is c1ccc(-c2cccc3c(-c4cccc5ccccc45)c4c(-c5ccccc5)cccc4c(-c4cccc5ccccc45)c23)cc1. The van der Waals surface area contributed by atoms with E-state index < -0.39 is 0 Å². The van der Waals surface area contributed by atoms with Gasteiger partial charge in [-0.25, -0.2) is 0 Å². The Morgan fingerprint density at radius 2 is 0.543 bits per heavy atom.